The third-order valence-electron chi connectivity index (χ3n) is 4.39. The number of hydrogen-bond acceptors (Lipinski definition) is 3. The van der Waals surface area contributed by atoms with E-state index in [0.29, 0.717) is 5.41 Å². The summed E-state index contributed by atoms with van der Waals surface area (Å²) in [6.07, 6.45) is 6.62. The molecule has 1 N–H and O–H groups in total. The van der Waals surface area contributed by atoms with Crippen LogP contribution < -0.4 is 5.32 Å². The molecule has 3 rings (SSSR count). The molecule has 1 spiro atoms. The van der Waals surface area contributed by atoms with E-state index in [-0.39, 0.29) is 12.4 Å². The van der Waals surface area contributed by atoms with Gasteiger partial charge in [0, 0.05) is 32.0 Å². The molecule has 4 heteroatoms. The van der Waals surface area contributed by atoms with Gasteiger partial charge < -0.3 is 5.32 Å². The topological polar surface area (TPSA) is 28.2 Å². The molecule has 0 aliphatic carbocycles. The van der Waals surface area contributed by atoms with Gasteiger partial charge in [-0.3, -0.25) is 9.88 Å². The van der Waals surface area contributed by atoms with Crippen molar-refractivity contribution in [3.05, 3.63) is 29.6 Å². The molecule has 0 saturated carbocycles. The van der Waals surface area contributed by atoms with Crippen molar-refractivity contribution < 1.29 is 0 Å². The van der Waals surface area contributed by atoms with Gasteiger partial charge in [-0.05, 0) is 55.5 Å². The number of nitrogens with zero attached hydrogens (tertiary/aromatic N) is 2. The van der Waals surface area contributed by atoms with Gasteiger partial charge in [-0.25, -0.2) is 0 Å². The molecule has 2 aliphatic heterocycles. The lowest BCUT2D eigenvalue weighted by Crippen LogP contribution is -2.29. The van der Waals surface area contributed by atoms with E-state index < -0.39 is 0 Å². The summed E-state index contributed by atoms with van der Waals surface area (Å²) < 4.78 is 0. The van der Waals surface area contributed by atoms with Crippen molar-refractivity contribution in [2.24, 2.45) is 5.41 Å². The van der Waals surface area contributed by atoms with Crippen LogP contribution in [0.2, 0.25) is 0 Å². The van der Waals surface area contributed by atoms with Gasteiger partial charge in [0.25, 0.3) is 0 Å². The first-order valence-electron chi connectivity index (χ1n) is 6.60. The molecule has 0 bridgehead atoms. The van der Waals surface area contributed by atoms with E-state index in [1.807, 2.05) is 12.4 Å². The van der Waals surface area contributed by atoms with Gasteiger partial charge in [0.15, 0.2) is 0 Å². The van der Waals surface area contributed by atoms with Crippen LogP contribution in [0.15, 0.2) is 18.5 Å². The van der Waals surface area contributed by atoms with Crippen molar-refractivity contribution in [2.45, 2.75) is 26.3 Å². The van der Waals surface area contributed by atoms with E-state index in [4.69, 9.17) is 0 Å². The van der Waals surface area contributed by atoms with E-state index in [2.05, 4.69) is 28.2 Å². The van der Waals surface area contributed by atoms with Crippen LogP contribution in [-0.4, -0.2) is 36.1 Å². The fraction of sp³-hybridized carbons (Fsp3) is 0.643. The van der Waals surface area contributed by atoms with E-state index in [0.717, 1.165) is 6.54 Å². The molecule has 2 fully saturated rings. The summed E-state index contributed by atoms with van der Waals surface area (Å²) in [7, 11) is 0. The second kappa shape index (κ2) is 5.55. The maximum Gasteiger partial charge on any atom is 0.0315 e. The first-order chi connectivity index (χ1) is 8.27. The summed E-state index contributed by atoms with van der Waals surface area (Å²) in [6, 6.07) is 2.11. The van der Waals surface area contributed by atoms with Gasteiger partial charge in [-0.1, -0.05) is 0 Å². The fourth-order valence-corrected chi connectivity index (χ4v) is 3.21. The second-order valence-corrected chi connectivity index (χ2v) is 5.69. The van der Waals surface area contributed by atoms with Crippen molar-refractivity contribution >= 4 is 12.4 Å². The third kappa shape index (κ3) is 2.68. The standard InChI is InChI=1S/C14H21N3.ClH/c1-12-2-5-15-8-13(12)9-17-7-4-14(11-17)3-6-16-10-14;/h2,5,8,16H,3-4,6-7,9-11H2,1H3;1H. The van der Waals surface area contributed by atoms with Crippen LogP contribution in [0.5, 0.6) is 0 Å². The van der Waals surface area contributed by atoms with Crippen LogP contribution in [0.25, 0.3) is 0 Å². The quantitative estimate of drug-likeness (QED) is 0.888. The molecule has 3 heterocycles. The summed E-state index contributed by atoms with van der Waals surface area (Å²) in [5.41, 5.74) is 3.33. The van der Waals surface area contributed by atoms with Crippen LogP contribution in [-0.2, 0) is 6.54 Å². The Balaban J connectivity index is 0.00000120. The highest BCUT2D eigenvalue weighted by Crippen LogP contribution is 2.36. The normalized spacial score (nSPS) is 27.6. The zero-order valence-electron chi connectivity index (χ0n) is 11.0. The Hall–Kier alpha value is -0.640. The number of aryl methyl sites for hydroxylation is 1. The van der Waals surface area contributed by atoms with E-state index in [9.17, 15) is 0 Å². The molecule has 0 aromatic carbocycles. The second-order valence-electron chi connectivity index (χ2n) is 5.69. The van der Waals surface area contributed by atoms with Crippen LogP contribution in [0.3, 0.4) is 0 Å². The highest BCUT2D eigenvalue weighted by atomic mass is 35.5. The van der Waals surface area contributed by atoms with Crippen LogP contribution in [0.4, 0.5) is 0 Å². The SMILES string of the molecule is Cc1ccncc1CN1CCC2(CCNC2)C1.Cl. The Bertz CT molecular complexity index is 402. The lowest BCUT2D eigenvalue weighted by molar-refractivity contribution is 0.268. The lowest BCUT2D eigenvalue weighted by atomic mass is 9.86. The molecule has 1 aromatic heterocycles. The number of pyridine rings is 1. The Kier molecular flexibility index (Phi) is 4.25. The first kappa shape index (κ1) is 13.8. The molecular formula is C14H22ClN3. The summed E-state index contributed by atoms with van der Waals surface area (Å²) in [5, 5.41) is 3.51. The molecule has 0 amide bonds. The maximum absolute atomic E-state index is 4.24. The van der Waals surface area contributed by atoms with Gasteiger partial charge in [-0.15, -0.1) is 12.4 Å². The minimum absolute atomic E-state index is 0. The molecule has 0 radical (unpaired) electrons. The van der Waals surface area contributed by atoms with Crippen molar-refractivity contribution in [3.8, 4) is 0 Å². The van der Waals surface area contributed by atoms with E-state index in [1.165, 1.54) is 50.1 Å². The minimum Gasteiger partial charge on any atom is -0.316 e. The van der Waals surface area contributed by atoms with Gasteiger partial charge in [0.1, 0.15) is 0 Å². The molecule has 1 aromatic rings. The van der Waals surface area contributed by atoms with Gasteiger partial charge in [0.2, 0.25) is 0 Å². The van der Waals surface area contributed by atoms with Crippen molar-refractivity contribution in [3.63, 3.8) is 0 Å². The maximum atomic E-state index is 4.24. The summed E-state index contributed by atoms with van der Waals surface area (Å²) in [4.78, 5) is 6.83. The van der Waals surface area contributed by atoms with Gasteiger partial charge in [-0.2, -0.15) is 0 Å². The summed E-state index contributed by atoms with van der Waals surface area (Å²) >= 11 is 0. The Morgan fingerprint density at radius 3 is 3.06 bits per heavy atom. The number of hydrogen-bond donors (Lipinski definition) is 1. The molecule has 18 heavy (non-hydrogen) atoms. The predicted molar refractivity (Wildman–Crippen MR) is 76.0 cm³/mol. The van der Waals surface area contributed by atoms with Crippen molar-refractivity contribution in [1.82, 2.24) is 15.2 Å². The average molecular weight is 268 g/mol. The number of halogens is 1. The molecule has 100 valence electrons. The molecule has 3 nitrogen and oxygen atoms in total. The Labute approximate surface area is 115 Å². The highest BCUT2D eigenvalue weighted by Gasteiger charge is 2.40. The third-order valence-corrected chi connectivity index (χ3v) is 4.39. The lowest BCUT2D eigenvalue weighted by Gasteiger charge is -2.23. The van der Waals surface area contributed by atoms with Crippen LogP contribution in [0.1, 0.15) is 24.0 Å². The van der Waals surface area contributed by atoms with Gasteiger partial charge >= 0.3 is 0 Å². The Morgan fingerprint density at radius 1 is 1.44 bits per heavy atom. The number of likely N-dealkylation sites (tertiary alicyclic amines) is 1. The number of rotatable bonds is 2. The van der Waals surface area contributed by atoms with Gasteiger partial charge in [0.05, 0.1) is 0 Å². The Morgan fingerprint density at radius 2 is 2.33 bits per heavy atom. The largest absolute Gasteiger partial charge is 0.316 e. The summed E-state index contributed by atoms with van der Waals surface area (Å²) in [6.45, 7) is 8.18. The molecule has 2 saturated heterocycles. The summed E-state index contributed by atoms with van der Waals surface area (Å²) in [5.74, 6) is 0. The zero-order chi connectivity index (χ0) is 11.7. The van der Waals surface area contributed by atoms with Crippen LogP contribution >= 0.6 is 12.4 Å². The molecule has 1 unspecified atom stereocenters. The average Bonchev–Trinajstić information content (AvgIpc) is 2.94. The fourth-order valence-electron chi connectivity index (χ4n) is 3.21. The monoisotopic (exact) mass is 267 g/mol. The molecule has 1 atom stereocenters. The van der Waals surface area contributed by atoms with E-state index in [1.54, 1.807) is 0 Å². The molecule has 2 aliphatic rings. The first-order valence-corrected chi connectivity index (χ1v) is 6.60. The van der Waals surface area contributed by atoms with Crippen molar-refractivity contribution in [1.29, 1.82) is 0 Å². The minimum atomic E-state index is 0. The highest BCUT2D eigenvalue weighted by molar-refractivity contribution is 5.85. The zero-order valence-corrected chi connectivity index (χ0v) is 11.8. The molecular weight excluding hydrogens is 246 g/mol. The predicted octanol–water partition coefficient (Wildman–Crippen LogP) is 2.00. The number of nitrogens with one attached hydrogen (secondary N) is 1. The van der Waals surface area contributed by atoms with Crippen LogP contribution in [0, 0.1) is 12.3 Å². The van der Waals surface area contributed by atoms with E-state index >= 15 is 0 Å². The number of aromatic nitrogens is 1. The smallest absolute Gasteiger partial charge is 0.0315 e. The van der Waals surface area contributed by atoms with Crippen molar-refractivity contribution in [2.75, 3.05) is 26.2 Å².